The predicted octanol–water partition coefficient (Wildman–Crippen LogP) is 1.67. The van der Waals surface area contributed by atoms with Crippen LogP contribution in [-0.4, -0.2) is 23.4 Å². The van der Waals surface area contributed by atoms with Crippen LogP contribution in [0.4, 0.5) is 11.4 Å². The fourth-order valence-corrected chi connectivity index (χ4v) is 1.80. The molecular weight excluding hydrogens is 228 g/mol. The summed E-state index contributed by atoms with van der Waals surface area (Å²) in [6, 6.07) is 7.70. The van der Waals surface area contributed by atoms with E-state index in [0.717, 1.165) is 18.7 Å². The summed E-state index contributed by atoms with van der Waals surface area (Å²) >= 11 is 0. The van der Waals surface area contributed by atoms with Crippen molar-refractivity contribution in [2.24, 2.45) is 7.05 Å². The number of benzene rings is 1. The van der Waals surface area contributed by atoms with Crippen molar-refractivity contribution in [3.05, 3.63) is 36.2 Å². The van der Waals surface area contributed by atoms with Crippen molar-refractivity contribution in [2.45, 2.75) is 6.42 Å². The Kier molecular flexibility index (Phi) is 3.72. The molecule has 0 aliphatic carbocycles. The Labute approximate surface area is 107 Å². The molecule has 3 N–H and O–H groups in total. The topological polar surface area (TPSA) is 65.1 Å². The van der Waals surface area contributed by atoms with E-state index >= 15 is 0 Å². The molecule has 5 nitrogen and oxygen atoms in total. The number of ether oxygens (including phenoxy) is 1. The van der Waals surface area contributed by atoms with Gasteiger partial charge >= 0.3 is 0 Å². The number of anilines is 2. The van der Waals surface area contributed by atoms with Gasteiger partial charge in [0, 0.05) is 43.7 Å². The first-order valence-corrected chi connectivity index (χ1v) is 5.85. The highest BCUT2D eigenvalue weighted by Gasteiger charge is 2.01. The Morgan fingerprint density at radius 1 is 1.39 bits per heavy atom. The quantitative estimate of drug-likeness (QED) is 0.788. The highest BCUT2D eigenvalue weighted by Crippen LogP contribution is 2.24. The predicted molar refractivity (Wildman–Crippen MR) is 72.8 cm³/mol. The molecule has 2 aromatic rings. The Morgan fingerprint density at radius 3 is 2.89 bits per heavy atom. The van der Waals surface area contributed by atoms with Crippen molar-refractivity contribution in [1.82, 2.24) is 9.78 Å². The Balaban J connectivity index is 1.92. The van der Waals surface area contributed by atoms with E-state index in [1.165, 1.54) is 5.69 Å². The summed E-state index contributed by atoms with van der Waals surface area (Å²) in [5, 5.41) is 7.47. The summed E-state index contributed by atoms with van der Waals surface area (Å²) in [6.07, 6.45) is 2.73. The van der Waals surface area contributed by atoms with Gasteiger partial charge in [-0.25, -0.2) is 0 Å². The number of nitrogens with two attached hydrogens (primary N) is 1. The molecule has 0 bridgehead atoms. The number of hydrogen-bond acceptors (Lipinski definition) is 4. The van der Waals surface area contributed by atoms with E-state index in [4.69, 9.17) is 10.5 Å². The lowest BCUT2D eigenvalue weighted by Gasteiger charge is -2.10. The maximum atomic E-state index is 5.76. The van der Waals surface area contributed by atoms with Gasteiger partial charge in [0.25, 0.3) is 0 Å². The lowest BCUT2D eigenvalue weighted by molar-refractivity contribution is 0.417. The van der Waals surface area contributed by atoms with Crippen LogP contribution >= 0.6 is 0 Å². The molecule has 0 atom stereocenters. The molecule has 5 heteroatoms. The minimum Gasteiger partial charge on any atom is -0.495 e. The monoisotopic (exact) mass is 246 g/mol. The maximum Gasteiger partial charge on any atom is 0.143 e. The third kappa shape index (κ3) is 2.74. The minimum atomic E-state index is 0.648. The normalized spacial score (nSPS) is 10.3. The van der Waals surface area contributed by atoms with Gasteiger partial charge in [-0.3, -0.25) is 4.68 Å². The molecule has 18 heavy (non-hydrogen) atoms. The Morgan fingerprint density at radius 2 is 2.22 bits per heavy atom. The molecule has 96 valence electrons. The van der Waals surface area contributed by atoms with E-state index < -0.39 is 0 Å². The standard InChI is InChI=1S/C13H18N4O/c1-17-11(6-8-16-17)5-7-15-10-3-4-12(14)13(9-10)18-2/h3-4,6,8-9,15H,5,7,14H2,1-2H3. The first-order valence-electron chi connectivity index (χ1n) is 5.85. The molecule has 0 aliphatic heterocycles. The van der Waals surface area contributed by atoms with Crippen molar-refractivity contribution in [1.29, 1.82) is 0 Å². The van der Waals surface area contributed by atoms with Crippen molar-refractivity contribution in [3.63, 3.8) is 0 Å². The number of nitrogens with one attached hydrogen (secondary N) is 1. The van der Waals surface area contributed by atoms with E-state index in [1.807, 2.05) is 42.2 Å². The van der Waals surface area contributed by atoms with Crippen molar-refractivity contribution >= 4 is 11.4 Å². The highest BCUT2D eigenvalue weighted by molar-refractivity contribution is 5.61. The second-order valence-corrected chi connectivity index (χ2v) is 4.08. The number of aromatic nitrogens is 2. The van der Waals surface area contributed by atoms with Gasteiger partial charge in [0.2, 0.25) is 0 Å². The summed E-state index contributed by atoms with van der Waals surface area (Å²) < 4.78 is 7.06. The van der Waals surface area contributed by atoms with Gasteiger partial charge < -0.3 is 15.8 Å². The van der Waals surface area contributed by atoms with Crippen molar-refractivity contribution in [3.8, 4) is 5.75 Å². The van der Waals surface area contributed by atoms with Gasteiger partial charge in [-0.2, -0.15) is 5.10 Å². The molecule has 2 rings (SSSR count). The summed E-state index contributed by atoms with van der Waals surface area (Å²) in [5.41, 5.74) is 8.61. The molecule has 0 unspecified atom stereocenters. The third-order valence-corrected chi connectivity index (χ3v) is 2.87. The summed E-state index contributed by atoms with van der Waals surface area (Å²) in [4.78, 5) is 0. The molecule has 0 aliphatic rings. The smallest absolute Gasteiger partial charge is 0.143 e. The number of nitrogen functional groups attached to an aromatic ring is 1. The van der Waals surface area contributed by atoms with E-state index in [-0.39, 0.29) is 0 Å². The van der Waals surface area contributed by atoms with Crippen molar-refractivity contribution in [2.75, 3.05) is 24.7 Å². The van der Waals surface area contributed by atoms with Crippen LogP contribution in [-0.2, 0) is 13.5 Å². The molecule has 0 saturated carbocycles. The SMILES string of the molecule is COc1cc(NCCc2ccnn2C)ccc1N. The molecule has 0 amide bonds. The van der Waals surface area contributed by atoms with Crippen LogP contribution in [0.15, 0.2) is 30.5 Å². The molecule has 0 saturated heterocycles. The molecule has 1 aromatic carbocycles. The van der Waals surface area contributed by atoms with E-state index in [1.54, 1.807) is 7.11 Å². The van der Waals surface area contributed by atoms with Gasteiger partial charge in [-0.1, -0.05) is 0 Å². The fourth-order valence-electron chi connectivity index (χ4n) is 1.80. The summed E-state index contributed by atoms with van der Waals surface area (Å²) in [7, 11) is 3.56. The number of rotatable bonds is 5. The third-order valence-electron chi connectivity index (χ3n) is 2.87. The van der Waals surface area contributed by atoms with Gasteiger partial charge in [0.15, 0.2) is 0 Å². The van der Waals surface area contributed by atoms with Gasteiger partial charge in [-0.15, -0.1) is 0 Å². The van der Waals surface area contributed by atoms with E-state index in [9.17, 15) is 0 Å². The van der Waals surface area contributed by atoms with Crippen LogP contribution in [0.1, 0.15) is 5.69 Å². The van der Waals surface area contributed by atoms with Gasteiger partial charge in [0.1, 0.15) is 5.75 Å². The van der Waals surface area contributed by atoms with Crippen molar-refractivity contribution < 1.29 is 4.74 Å². The van der Waals surface area contributed by atoms with E-state index in [0.29, 0.717) is 11.4 Å². The van der Waals surface area contributed by atoms with Crippen LogP contribution in [0.25, 0.3) is 0 Å². The average molecular weight is 246 g/mol. The minimum absolute atomic E-state index is 0.648. The fraction of sp³-hybridized carbons (Fsp3) is 0.308. The lowest BCUT2D eigenvalue weighted by Crippen LogP contribution is -2.08. The number of hydrogen-bond donors (Lipinski definition) is 2. The molecule has 0 spiro atoms. The van der Waals surface area contributed by atoms with E-state index in [2.05, 4.69) is 10.4 Å². The number of methoxy groups -OCH3 is 1. The summed E-state index contributed by atoms with van der Waals surface area (Å²) in [6.45, 7) is 0.840. The van der Waals surface area contributed by atoms with Crippen LogP contribution in [0.3, 0.4) is 0 Å². The zero-order valence-electron chi connectivity index (χ0n) is 10.7. The molecular formula is C13H18N4O. The average Bonchev–Trinajstić information content (AvgIpc) is 2.77. The van der Waals surface area contributed by atoms with Gasteiger partial charge in [-0.05, 0) is 18.2 Å². The summed E-state index contributed by atoms with van der Waals surface area (Å²) in [5.74, 6) is 0.695. The van der Waals surface area contributed by atoms with Crippen LogP contribution in [0, 0.1) is 0 Å². The first-order chi connectivity index (χ1) is 8.70. The molecule has 1 aromatic heterocycles. The Bertz CT molecular complexity index is 521. The second kappa shape index (κ2) is 5.44. The number of nitrogens with zero attached hydrogens (tertiary/aromatic N) is 2. The molecule has 0 radical (unpaired) electrons. The zero-order chi connectivity index (χ0) is 13.0. The number of aryl methyl sites for hydroxylation is 1. The van der Waals surface area contributed by atoms with Crippen LogP contribution in [0.2, 0.25) is 0 Å². The largest absolute Gasteiger partial charge is 0.495 e. The molecule has 1 heterocycles. The lowest BCUT2D eigenvalue weighted by atomic mass is 10.2. The van der Waals surface area contributed by atoms with Crippen LogP contribution in [0.5, 0.6) is 5.75 Å². The molecule has 0 fully saturated rings. The Hall–Kier alpha value is -2.17. The van der Waals surface area contributed by atoms with Gasteiger partial charge in [0.05, 0.1) is 12.8 Å². The zero-order valence-corrected chi connectivity index (χ0v) is 10.7. The first kappa shape index (κ1) is 12.3. The highest BCUT2D eigenvalue weighted by atomic mass is 16.5. The second-order valence-electron chi connectivity index (χ2n) is 4.08. The van der Waals surface area contributed by atoms with Crippen LogP contribution < -0.4 is 15.8 Å². The maximum absolute atomic E-state index is 5.76.